The normalized spacial score (nSPS) is 22.9. The minimum atomic E-state index is -0.921. The highest BCUT2D eigenvalue weighted by Crippen LogP contribution is 2.25. The Bertz CT molecular complexity index is 463. The van der Waals surface area contributed by atoms with Gasteiger partial charge in [0.25, 0.3) is 5.69 Å². The molecule has 6 nitrogen and oxygen atoms in total. The first-order valence-electron chi connectivity index (χ1n) is 5.75. The minimum absolute atomic E-state index is 0.0162. The van der Waals surface area contributed by atoms with Gasteiger partial charge in [-0.1, -0.05) is 12.1 Å². The smallest absolute Gasteiger partial charge is 0.324 e. The maximum absolute atomic E-state index is 11.3. The lowest BCUT2D eigenvalue weighted by molar-refractivity contribution is -0.384. The first-order valence-corrected chi connectivity index (χ1v) is 5.75. The molecule has 1 atom stereocenters. The number of nitrogens with one attached hydrogen (secondary N) is 1. The van der Waals surface area contributed by atoms with Crippen LogP contribution in [-0.2, 0) is 11.2 Å². The standard InChI is InChI=1S/C12H14N2O4/c15-11(16)12(6-1-7-13-12)8-9-2-4-10(5-3-9)14(17)18/h2-5,13H,1,6-8H2,(H,15,16)/t12-/m0/s1. The van der Waals surface area contributed by atoms with E-state index in [-0.39, 0.29) is 5.69 Å². The average Bonchev–Trinajstić information content (AvgIpc) is 2.79. The van der Waals surface area contributed by atoms with Crippen molar-refractivity contribution in [1.82, 2.24) is 5.32 Å². The summed E-state index contributed by atoms with van der Waals surface area (Å²) in [5.74, 6) is -0.863. The summed E-state index contributed by atoms with van der Waals surface area (Å²) in [5.41, 5.74) is -0.115. The summed E-state index contributed by atoms with van der Waals surface area (Å²) in [6.45, 7) is 0.694. The van der Waals surface area contributed by atoms with Gasteiger partial charge in [-0.05, 0) is 24.9 Å². The minimum Gasteiger partial charge on any atom is -0.480 e. The molecule has 1 aliphatic rings. The summed E-state index contributed by atoms with van der Waals surface area (Å²) >= 11 is 0. The second kappa shape index (κ2) is 4.73. The van der Waals surface area contributed by atoms with E-state index in [4.69, 9.17) is 0 Å². The molecule has 1 aliphatic heterocycles. The number of nitro benzene ring substituents is 1. The Balaban J connectivity index is 2.17. The van der Waals surface area contributed by atoms with Gasteiger partial charge in [-0.15, -0.1) is 0 Å². The van der Waals surface area contributed by atoms with Gasteiger partial charge in [0, 0.05) is 18.6 Å². The van der Waals surface area contributed by atoms with Crippen molar-refractivity contribution in [3.63, 3.8) is 0 Å². The number of carboxylic acids is 1. The molecule has 0 amide bonds. The summed E-state index contributed by atoms with van der Waals surface area (Å²) in [5, 5.41) is 22.8. The Morgan fingerprint density at radius 1 is 1.44 bits per heavy atom. The molecule has 1 aromatic carbocycles. The lowest BCUT2D eigenvalue weighted by Gasteiger charge is -2.24. The van der Waals surface area contributed by atoms with Gasteiger partial charge in [0.2, 0.25) is 0 Å². The molecular formula is C12H14N2O4. The van der Waals surface area contributed by atoms with Crippen molar-refractivity contribution >= 4 is 11.7 Å². The molecule has 0 unspecified atom stereocenters. The molecule has 6 heteroatoms. The predicted molar refractivity (Wildman–Crippen MR) is 64.4 cm³/mol. The number of non-ortho nitro benzene ring substituents is 1. The zero-order valence-electron chi connectivity index (χ0n) is 9.76. The van der Waals surface area contributed by atoms with Gasteiger partial charge < -0.3 is 10.4 Å². The Morgan fingerprint density at radius 2 is 2.11 bits per heavy atom. The summed E-state index contributed by atoms with van der Waals surface area (Å²) in [7, 11) is 0. The van der Waals surface area contributed by atoms with Crippen molar-refractivity contribution in [2.75, 3.05) is 6.54 Å². The van der Waals surface area contributed by atoms with E-state index in [9.17, 15) is 20.0 Å². The van der Waals surface area contributed by atoms with E-state index < -0.39 is 16.4 Å². The molecule has 1 fully saturated rings. The van der Waals surface area contributed by atoms with Crippen molar-refractivity contribution in [2.24, 2.45) is 0 Å². The molecule has 0 aliphatic carbocycles. The van der Waals surface area contributed by atoms with Crippen LogP contribution in [-0.4, -0.2) is 28.1 Å². The molecule has 18 heavy (non-hydrogen) atoms. The van der Waals surface area contributed by atoms with Crippen molar-refractivity contribution in [1.29, 1.82) is 0 Å². The maximum atomic E-state index is 11.3. The lowest BCUT2D eigenvalue weighted by Crippen LogP contribution is -2.49. The molecule has 0 bridgehead atoms. The molecule has 0 radical (unpaired) electrons. The SMILES string of the molecule is O=C(O)[C@@]1(Cc2ccc([N+](=O)[O-])cc2)CCCN1. The highest BCUT2D eigenvalue weighted by atomic mass is 16.6. The van der Waals surface area contributed by atoms with Crippen LogP contribution in [0.25, 0.3) is 0 Å². The quantitative estimate of drug-likeness (QED) is 0.621. The number of rotatable bonds is 4. The van der Waals surface area contributed by atoms with Crippen LogP contribution in [0.3, 0.4) is 0 Å². The number of nitrogens with zero attached hydrogens (tertiary/aromatic N) is 1. The molecule has 1 saturated heterocycles. The molecule has 1 aromatic rings. The summed E-state index contributed by atoms with van der Waals surface area (Å²) in [6, 6.07) is 6.03. The van der Waals surface area contributed by atoms with E-state index in [1.807, 2.05) is 0 Å². The van der Waals surface area contributed by atoms with Crippen LogP contribution in [0.4, 0.5) is 5.69 Å². The van der Waals surface area contributed by atoms with Gasteiger partial charge >= 0.3 is 5.97 Å². The molecule has 2 N–H and O–H groups in total. The van der Waals surface area contributed by atoms with Gasteiger partial charge in [-0.3, -0.25) is 14.9 Å². The molecule has 0 spiro atoms. The number of benzene rings is 1. The van der Waals surface area contributed by atoms with E-state index in [1.54, 1.807) is 12.1 Å². The van der Waals surface area contributed by atoms with Crippen LogP contribution < -0.4 is 5.32 Å². The van der Waals surface area contributed by atoms with Gasteiger partial charge in [0.15, 0.2) is 0 Å². The number of carbonyl (C=O) groups is 1. The zero-order valence-corrected chi connectivity index (χ0v) is 9.76. The van der Waals surface area contributed by atoms with Gasteiger partial charge in [-0.25, -0.2) is 0 Å². The average molecular weight is 250 g/mol. The molecule has 96 valence electrons. The van der Waals surface area contributed by atoms with Crippen molar-refractivity contribution in [3.8, 4) is 0 Å². The van der Waals surface area contributed by atoms with Gasteiger partial charge in [0.05, 0.1) is 4.92 Å². The number of aliphatic carboxylic acids is 1. The predicted octanol–water partition coefficient (Wildman–Crippen LogP) is 1.34. The van der Waals surface area contributed by atoms with E-state index >= 15 is 0 Å². The molecule has 1 heterocycles. The first kappa shape index (κ1) is 12.5. The third-order valence-corrected chi connectivity index (χ3v) is 3.31. The number of hydrogen-bond donors (Lipinski definition) is 2. The highest BCUT2D eigenvalue weighted by Gasteiger charge is 2.40. The van der Waals surface area contributed by atoms with Crippen LogP contribution >= 0.6 is 0 Å². The van der Waals surface area contributed by atoms with Crippen LogP contribution in [0.1, 0.15) is 18.4 Å². The fraction of sp³-hybridized carbons (Fsp3) is 0.417. The van der Waals surface area contributed by atoms with Crippen molar-refractivity contribution in [2.45, 2.75) is 24.8 Å². The molecular weight excluding hydrogens is 236 g/mol. The van der Waals surface area contributed by atoms with Crippen molar-refractivity contribution < 1.29 is 14.8 Å². The Kier molecular flexibility index (Phi) is 3.29. The van der Waals surface area contributed by atoms with Gasteiger partial charge in [-0.2, -0.15) is 0 Å². The molecule has 2 rings (SSSR count). The maximum Gasteiger partial charge on any atom is 0.324 e. The van der Waals surface area contributed by atoms with E-state index in [1.165, 1.54) is 12.1 Å². The highest BCUT2D eigenvalue weighted by molar-refractivity contribution is 5.79. The lowest BCUT2D eigenvalue weighted by atomic mass is 9.89. The zero-order chi connectivity index (χ0) is 13.2. The third kappa shape index (κ3) is 2.33. The van der Waals surface area contributed by atoms with E-state index in [0.717, 1.165) is 12.0 Å². The number of hydrogen-bond acceptors (Lipinski definition) is 4. The van der Waals surface area contributed by atoms with Gasteiger partial charge in [0.1, 0.15) is 5.54 Å². The Morgan fingerprint density at radius 3 is 2.56 bits per heavy atom. The third-order valence-electron chi connectivity index (χ3n) is 3.31. The van der Waals surface area contributed by atoms with E-state index in [0.29, 0.717) is 19.4 Å². The van der Waals surface area contributed by atoms with Crippen LogP contribution in [0.5, 0.6) is 0 Å². The molecule has 0 saturated carbocycles. The fourth-order valence-electron chi connectivity index (χ4n) is 2.30. The van der Waals surface area contributed by atoms with E-state index in [2.05, 4.69) is 5.32 Å². The van der Waals surface area contributed by atoms with Crippen LogP contribution in [0.2, 0.25) is 0 Å². The number of nitro groups is 1. The summed E-state index contributed by atoms with van der Waals surface area (Å²) < 4.78 is 0. The molecule has 0 aromatic heterocycles. The largest absolute Gasteiger partial charge is 0.480 e. The monoisotopic (exact) mass is 250 g/mol. The Labute approximate surface area is 104 Å². The summed E-state index contributed by atoms with van der Waals surface area (Å²) in [6.07, 6.45) is 1.76. The topological polar surface area (TPSA) is 92.5 Å². The number of carboxylic acid groups (broad SMARTS) is 1. The first-order chi connectivity index (χ1) is 8.53. The second-order valence-corrected chi connectivity index (χ2v) is 4.52. The summed E-state index contributed by atoms with van der Waals surface area (Å²) in [4.78, 5) is 21.4. The van der Waals surface area contributed by atoms with Crippen LogP contribution in [0, 0.1) is 10.1 Å². The fourth-order valence-corrected chi connectivity index (χ4v) is 2.30. The van der Waals surface area contributed by atoms with Crippen LogP contribution in [0.15, 0.2) is 24.3 Å². The second-order valence-electron chi connectivity index (χ2n) is 4.52. The Hall–Kier alpha value is -1.95. The van der Waals surface area contributed by atoms with Crippen molar-refractivity contribution in [3.05, 3.63) is 39.9 Å².